The molecular formula is C17H28FNO. The van der Waals surface area contributed by atoms with Crippen LogP contribution in [0.4, 0.5) is 4.39 Å². The molecule has 0 aliphatic carbocycles. The summed E-state index contributed by atoms with van der Waals surface area (Å²) >= 11 is 0. The van der Waals surface area contributed by atoms with Crippen molar-refractivity contribution in [3.63, 3.8) is 0 Å². The Labute approximate surface area is 122 Å². The van der Waals surface area contributed by atoms with Gasteiger partial charge in [-0.2, -0.15) is 0 Å². The zero-order valence-corrected chi connectivity index (χ0v) is 13.2. The maximum absolute atomic E-state index is 13.0. The molecule has 0 heterocycles. The summed E-state index contributed by atoms with van der Waals surface area (Å²) in [7, 11) is 0. The summed E-state index contributed by atoms with van der Waals surface area (Å²) in [5, 5.41) is 3.57. The molecule has 114 valence electrons. The van der Waals surface area contributed by atoms with Gasteiger partial charge in [0.05, 0.1) is 5.60 Å². The predicted molar refractivity (Wildman–Crippen MR) is 82.4 cm³/mol. The largest absolute Gasteiger partial charge is 0.375 e. The zero-order chi connectivity index (χ0) is 15.0. The van der Waals surface area contributed by atoms with Crippen LogP contribution in [0.25, 0.3) is 0 Å². The molecule has 1 rings (SSSR count). The smallest absolute Gasteiger partial charge is 0.123 e. The van der Waals surface area contributed by atoms with Crippen LogP contribution in [0.3, 0.4) is 0 Å². The summed E-state index contributed by atoms with van der Waals surface area (Å²) in [5.41, 5.74) is 0.964. The van der Waals surface area contributed by atoms with E-state index in [0.29, 0.717) is 6.61 Å². The van der Waals surface area contributed by atoms with Crippen molar-refractivity contribution in [2.75, 3.05) is 13.2 Å². The molecule has 20 heavy (non-hydrogen) atoms. The first-order chi connectivity index (χ1) is 9.48. The Balaban J connectivity index is 2.67. The third kappa shape index (κ3) is 6.02. The van der Waals surface area contributed by atoms with Crippen molar-refractivity contribution in [1.29, 1.82) is 0 Å². The van der Waals surface area contributed by atoms with Gasteiger partial charge >= 0.3 is 0 Å². The fourth-order valence-corrected chi connectivity index (χ4v) is 2.30. The van der Waals surface area contributed by atoms with Crippen LogP contribution in [0, 0.1) is 5.82 Å². The molecule has 0 aliphatic rings. The van der Waals surface area contributed by atoms with Crippen molar-refractivity contribution in [3.05, 3.63) is 35.6 Å². The second kappa shape index (κ2) is 8.38. The number of hydrogen-bond donors (Lipinski definition) is 1. The maximum Gasteiger partial charge on any atom is 0.123 e. The van der Waals surface area contributed by atoms with E-state index in [0.717, 1.165) is 31.4 Å². The molecule has 1 aromatic carbocycles. The normalized spacial score (nSPS) is 13.4. The first-order valence-corrected chi connectivity index (χ1v) is 7.61. The van der Waals surface area contributed by atoms with Crippen molar-refractivity contribution in [2.45, 2.75) is 58.6 Å². The van der Waals surface area contributed by atoms with E-state index in [1.165, 1.54) is 12.1 Å². The number of ether oxygens (including phenoxy) is 1. The second-order valence-electron chi connectivity index (χ2n) is 5.82. The molecule has 0 aliphatic heterocycles. The number of unbranched alkanes of at least 4 members (excludes halogenated alkanes) is 1. The highest BCUT2D eigenvalue weighted by atomic mass is 19.1. The number of hydrogen-bond acceptors (Lipinski definition) is 2. The van der Waals surface area contributed by atoms with E-state index in [-0.39, 0.29) is 17.5 Å². The lowest BCUT2D eigenvalue weighted by atomic mass is 9.99. The monoisotopic (exact) mass is 281 g/mol. The van der Waals surface area contributed by atoms with E-state index in [9.17, 15) is 4.39 Å². The molecule has 0 radical (unpaired) electrons. The Morgan fingerprint density at radius 2 is 1.85 bits per heavy atom. The van der Waals surface area contributed by atoms with Gasteiger partial charge in [-0.25, -0.2) is 4.39 Å². The minimum Gasteiger partial charge on any atom is -0.375 e. The lowest BCUT2D eigenvalue weighted by Gasteiger charge is -2.28. The van der Waals surface area contributed by atoms with Crippen molar-refractivity contribution in [2.24, 2.45) is 0 Å². The standard InChI is InChI=1S/C17H28FNO/c1-5-7-8-16(14-9-11-15(18)12-10-14)19-13-17(3,4)20-6-2/h9-12,16,19H,5-8,13H2,1-4H3. The summed E-state index contributed by atoms with van der Waals surface area (Å²) in [4.78, 5) is 0. The Morgan fingerprint density at radius 3 is 2.40 bits per heavy atom. The molecule has 1 N–H and O–H groups in total. The van der Waals surface area contributed by atoms with Crippen molar-refractivity contribution in [3.8, 4) is 0 Å². The van der Waals surface area contributed by atoms with Crippen LogP contribution in [-0.2, 0) is 4.74 Å². The molecule has 0 saturated heterocycles. The minimum atomic E-state index is -0.183. The van der Waals surface area contributed by atoms with Gasteiger partial charge in [-0.15, -0.1) is 0 Å². The molecule has 1 aromatic rings. The van der Waals surface area contributed by atoms with Crippen molar-refractivity contribution < 1.29 is 9.13 Å². The van der Waals surface area contributed by atoms with Crippen LogP contribution >= 0.6 is 0 Å². The quantitative estimate of drug-likeness (QED) is 0.721. The average molecular weight is 281 g/mol. The summed E-state index contributed by atoms with van der Waals surface area (Å²) in [6, 6.07) is 7.07. The molecule has 2 nitrogen and oxygen atoms in total. The fraction of sp³-hybridized carbons (Fsp3) is 0.647. The minimum absolute atomic E-state index is 0.181. The van der Waals surface area contributed by atoms with Gasteiger partial charge in [0.2, 0.25) is 0 Å². The SMILES string of the molecule is CCCCC(NCC(C)(C)OCC)c1ccc(F)cc1. The summed E-state index contributed by atoms with van der Waals surface area (Å²) in [5.74, 6) is -0.183. The average Bonchev–Trinajstić information content (AvgIpc) is 2.40. The lowest BCUT2D eigenvalue weighted by molar-refractivity contribution is -0.0108. The molecule has 0 amide bonds. The van der Waals surface area contributed by atoms with Crippen molar-refractivity contribution in [1.82, 2.24) is 5.32 Å². The van der Waals surface area contributed by atoms with Crippen LogP contribution in [0.15, 0.2) is 24.3 Å². The number of halogens is 1. The molecule has 0 spiro atoms. The summed E-state index contributed by atoms with van der Waals surface area (Å²) < 4.78 is 18.8. The molecule has 0 aromatic heterocycles. The van der Waals surface area contributed by atoms with Gasteiger partial charge < -0.3 is 10.1 Å². The van der Waals surface area contributed by atoms with E-state index in [4.69, 9.17) is 4.74 Å². The number of nitrogens with one attached hydrogen (secondary N) is 1. The topological polar surface area (TPSA) is 21.3 Å². The van der Waals surface area contributed by atoms with Gasteiger partial charge in [-0.05, 0) is 44.9 Å². The third-order valence-electron chi connectivity index (χ3n) is 3.43. The molecule has 3 heteroatoms. The highest BCUT2D eigenvalue weighted by molar-refractivity contribution is 5.20. The van der Waals surface area contributed by atoms with Gasteiger partial charge in [0.25, 0.3) is 0 Å². The van der Waals surface area contributed by atoms with Crippen LogP contribution in [-0.4, -0.2) is 18.8 Å². The highest BCUT2D eigenvalue weighted by Gasteiger charge is 2.20. The number of benzene rings is 1. The molecular weight excluding hydrogens is 253 g/mol. The fourth-order valence-electron chi connectivity index (χ4n) is 2.30. The third-order valence-corrected chi connectivity index (χ3v) is 3.43. The predicted octanol–water partition coefficient (Wildman–Crippen LogP) is 4.46. The van der Waals surface area contributed by atoms with Gasteiger partial charge in [0.1, 0.15) is 5.82 Å². The van der Waals surface area contributed by atoms with E-state index in [1.807, 2.05) is 19.1 Å². The van der Waals surface area contributed by atoms with E-state index >= 15 is 0 Å². The van der Waals surface area contributed by atoms with Gasteiger partial charge in [-0.3, -0.25) is 0 Å². The molecule has 0 saturated carbocycles. The van der Waals surface area contributed by atoms with Crippen LogP contribution in [0.2, 0.25) is 0 Å². The highest BCUT2D eigenvalue weighted by Crippen LogP contribution is 2.21. The maximum atomic E-state index is 13.0. The van der Waals surface area contributed by atoms with E-state index in [2.05, 4.69) is 26.1 Å². The first-order valence-electron chi connectivity index (χ1n) is 7.61. The molecule has 0 bridgehead atoms. The van der Waals surface area contributed by atoms with E-state index < -0.39 is 0 Å². The Hall–Kier alpha value is -0.930. The van der Waals surface area contributed by atoms with Crippen LogP contribution < -0.4 is 5.32 Å². The van der Waals surface area contributed by atoms with Crippen LogP contribution in [0.1, 0.15) is 58.6 Å². The molecule has 1 atom stereocenters. The lowest BCUT2D eigenvalue weighted by Crippen LogP contribution is -2.39. The Bertz CT molecular complexity index is 375. The molecule has 0 fully saturated rings. The Morgan fingerprint density at radius 1 is 1.20 bits per heavy atom. The summed E-state index contributed by atoms with van der Waals surface area (Å²) in [6.45, 7) is 9.87. The zero-order valence-electron chi connectivity index (χ0n) is 13.2. The van der Waals surface area contributed by atoms with Gasteiger partial charge in [0, 0.05) is 19.2 Å². The number of rotatable bonds is 9. The first kappa shape index (κ1) is 17.1. The van der Waals surface area contributed by atoms with Gasteiger partial charge in [-0.1, -0.05) is 31.9 Å². The van der Waals surface area contributed by atoms with Gasteiger partial charge in [0.15, 0.2) is 0 Å². The molecule has 1 unspecified atom stereocenters. The van der Waals surface area contributed by atoms with Crippen molar-refractivity contribution >= 4 is 0 Å². The van der Waals surface area contributed by atoms with Crippen LogP contribution in [0.5, 0.6) is 0 Å². The van der Waals surface area contributed by atoms with E-state index in [1.54, 1.807) is 0 Å². The summed E-state index contributed by atoms with van der Waals surface area (Å²) in [6.07, 6.45) is 3.38. The second-order valence-corrected chi connectivity index (χ2v) is 5.82. The Kier molecular flexibility index (Phi) is 7.17.